The monoisotopic (exact) mass is 337 g/mol. The number of benzene rings is 1. The molecule has 5 nitrogen and oxygen atoms in total. The van der Waals surface area contributed by atoms with Gasteiger partial charge in [-0.2, -0.15) is 0 Å². The van der Waals surface area contributed by atoms with Crippen LogP contribution in [0.3, 0.4) is 0 Å². The average Bonchev–Trinajstić information content (AvgIpc) is 2.68. The Morgan fingerprint density at radius 1 is 1.08 bits per heavy atom. The predicted molar refractivity (Wildman–Crippen MR) is 96.4 cm³/mol. The third kappa shape index (κ3) is 3.24. The second-order valence-corrected chi connectivity index (χ2v) is 6.85. The van der Waals surface area contributed by atoms with Crippen LogP contribution < -0.4 is 4.90 Å². The van der Waals surface area contributed by atoms with Crippen LogP contribution in [-0.2, 0) is 6.54 Å². The molecule has 0 aliphatic carbocycles. The number of nitrogens with zero attached hydrogens (tertiary/aromatic N) is 3. The zero-order chi connectivity index (χ0) is 17.2. The van der Waals surface area contributed by atoms with Crippen molar-refractivity contribution in [1.82, 2.24) is 9.88 Å². The molecule has 1 amide bonds. The number of carbonyl (C=O) groups excluding carboxylic acids is 1. The lowest BCUT2D eigenvalue weighted by molar-refractivity contribution is 0.0724. The van der Waals surface area contributed by atoms with E-state index in [-0.39, 0.29) is 5.91 Å². The summed E-state index contributed by atoms with van der Waals surface area (Å²) in [4.78, 5) is 21.0. The van der Waals surface area contributed by atoms with Crippen LogP contribution in [0.15, 0.2) is 42.6 Å². The Bertz CT molecular complexity index is 754. The first-order valence-corrected chi connectivity index (χ1v) is 8.98. The summed E-state index contributed by atoms with van der Waals surface area (Å²) in [6.45, 7) is 2.93. The second kappa shape index (κ2) is 6.84. The second-order valence-electron chi connectivity index (χ2n) is 6.85. The van der Waals surface area contributed by atoms with Gasteiger partial charge in [0.05, 0.1) is 11.7 Å². The molecule has 2 aromatic rings. The van der Waals surface area contributed by atoms with Crippen molar-refractivity contribution < 1.29 is 9.90 Å². The number of piperidine rings is 1. The highest BCUT2D eigenvalue weighted by atomic mass is 16.3. The lowest BCUT2D eigenvalue weighted by Gasteiger charge is -2.33. The first kappa shape index (κ1) is 16.1. The number of pyridine rings is 1. The number of anilines is 1. The number of carbonyl (C=O) groups is 1. The summed E-state index contributed by atoms with van der Waals surface area (Å²) in [6, 6.07) is 11.7. The smallest absolute Gasteiger partial charge is 0.255 e. The third-order valence-electron chi connectivity index (χ3n) is 5.13. The average molecular weight is 337 g/mol. The van der Waals surface area contributed by atoms with Gasteiger partial charge in [-0.25, -0.2) is 4.98 Å². The Kier molecular flexibility index (Phi) is 4.40. The summed E-state index contributed by atoms with van der Waals surface area (Å²) >= 11 is 0. The van der Waals surface area contributed by atoms with Gasteiger partial charge in [0, 0.05) is 32.4 Å². The molecule has 0 saturated carbocycles. The molecule has 0 unspecified atom stereocenters. The quantitative estimate of drug-likeness (QED) is 0.915. The van der Waals surface area contributed by atoms with Crippen molar-refractivity contribution >= 4 is 11.7 Å². The first-order chi connectivity index (χ1) is 12.2. The van der Waals surface area contributed by atoms with Gasteiger partial charge >= 0.3 is 0 Å². The van der Waals surface area contributed by atoms with E-state index >= 15 is 0 Å². The molecule has 2 aliphatic heterocycles. The van der Waals surface area contributed by atoms with E-state index in [2.05, 4.69) is 9.88 Å². The summed E-state index contributed by atoms with van der Waals surface area (Å²) in [5.41, 5.74) is 2.76. The summed E-state index contributed by atoms with van der Waals surface area (Å²) in [5.74, 6) is 0.867. The van der Waals surface area contributed by atoms with Crippen molar-refractivity contribution in [2.75, 3.05) is 24.5 Å². The molecule has 0 radical (unpaired) electrons. The molecule has 1 aromatic carbocycles. The summed E-state index contributed by atoms with van der Waals surface area (Å²) < 4.78 is 0. The Morgan fingerprint density at radius 3 is 2.64 bits per heavy atom. The van der Waals surface area contributed by atoms with Crippen LogP contribution in [0.4, 0.5) is 5.82 Å². The van der Waals surface area contributed by atoms with Gasteiger partial charge < -0.3 is 14.9 Å². The van der Waals surface area contributed by atoms with Gasteiger partial charge in [0.2, 0.25) is 0 Å². The minimum atomic E-state index is -0.513. The van der Waals surface area contributed by atoms with Gasteiger partial charge in [-0.15, -0.1) is 0 Å². The van der Waals surface area contributed by atoms with Crippen LogP contribution in [0.2, 0.25) is 0 Å². The Hall–Kier alpha value is -2.40. The van der Waals surface area contributed by atoms with E-state index in [4.69, 9.17) is 0 Å². The van der Waals surface area contributed by atoms with Crippen molar-refractivity contribution in [1.29, 1.82) is 0 Å². The molecule has 0 spiro atoms. The van der Waals surface area contributed by atoms with Crippen LogP contribution in [0, 0.1) is 0 Å². The number of hydrogen-bond donors (Lipinski definition) is 1. The molecular formula is C20H23N3O2. The lowest BCUT2D eigenvalue weighted by atomic mass is 9.97. The van der Waals surface area contributed by atoms with E-state index < -0.39 is 6.10 Å². The van der Waals surface area contributed by atoms with Crippen molar-refractivity contribution in [3.8, 4) is 0 Å². The number of aliphatic hydroxyl groups excluding tert-OH is 1. The Labute approximate surface area is 147 Å². The number of likely N-dealkylation sites (tertiary alicyclic amines) is 1. The molecule has 1 saturated heterocycles. The number of aromatic nitrogens is 1. The zero-order valence-corrected chi connectivity index (χ0v) is 14.3. The number of rotatable bonds is 2. The molecule has 1 N–H and O–H groups in total. The van der Waals surface area contributed by atoms with E-state index in [0.29, 0.717) is 12.1 Å². The van der Waals surface area contributed by atoms with E-state index in [1.54, 1.807) is 6.20 Å². The van der Waals surface area contributed by atoms with Gasteiger partial charge in [0.15, 0.2) is 0 Å². The third-order valence-corrected chi connectivity index (χ3v) is 5.13. The van der Waals surface area contributed by atoms with Gasteiger partial charge in [-0.05, 0) is 42.5 Å². The van der Waals surface area contributed by atoms with Crippen LogP contribution in [0.1, 0.15) is 46.9 Å². The van der Waals surface area contributed by atoms with E-state index in [9.17, 15) is 9.90 Å². The van der Waals surface area contributed by atoms with Crippen LogP contribution in [0.5, 0.6) is 0 Å². The fraction of sp³-hybridized carbons (Fsp3) is 0.400. The molecule has 1 aromatic heterocycles. The molecule has 3 heterocycles. The maximum atomic E-state index is 12.5. The summed E-state index contributed by atoms with van der Waals surface area (Å²) in [6.07, 6.45) is 4.53. The highest BCUT2D eigenvalue weighted by Gasteiger charge is 2.24. The molecule has 0 bridgehead atoms. The number of β-amino-alcohol motifs (C(OH)–C–C–N with tert-alkyl or cyclic N) is 1. The fourth-order valence-corrected chi connectivity index (χ4v) is 3.73. The molecule has 25 heavy (non-hydrogen) atoms. The van der Waals surface area contributed by atoms with Crippen molar-refractivity contribution in [3.63, 3.8) is 0 Å². The van der Waals surface area contributed by atoms with E-state index in [1.165, 1.54) is 6.42 Å². The topological polar surface area (TPSA) is 56.7 Å². The number of fused-ring (bicyclic) bond motifs is 1. The van der Waals surface area contributed by atoms with E-state index in [0.717, 1.165) is 49.4 Å². The minimum absolute atomic E-state index is 0.0720. The van der Waals surface area contributed by atoms with E-state index in [1.807, 2.05) is 41.3 Å². The number of hydrogen-bond acceptors (Lipinski definition) is 4. The molecule has 5 heteroatoms. The van der Waals surface area contributed by atoms with Crippen LogP contribution >= 0.6 is 0 Å². The molecular weight excluding hydrogens is 314 g/mol. The normalized spacial score (nSPS) is 20.3. The number of amides is 1. The lowest BCUT2D eigenvalue weighted by Crippen LogP contribution is -2.36. The molecule has 1 fully saturated rings. The van der Waals surface area contributed by atoms with Gasteiger partial charge in [-0.3, -0.25) is 4.79 Å². The first-order valence-electron chi connectivity index (χ1n) is 8.98. The Morgan fingerprint density at radius 2 is 1.88 bits per heavy atom. The largest absolute Gasteiger partial charge is 0.387 e. The Balaban J connectivity index is 1.50. The van der Waals surface area contributed by atoms with Crippen molar-refractivity contribution in [2.45, 2.75) is 31.9 Å². The predicted octanol–water partition coefficient (Wildman–Crippen LogP) is 2.76. The maximum absolute atomic E-state index is 12.5. The zero-order valence-electron chi connectivity index (χ0n) is 14.3. The standard InChI is InChI=1S/C20H23N3O2/c24-18-14-23(13-16-6-2-3-7-17(16)18)19-9-8-15(12-21-19)20(25)22-10-4-1-5-11-22/h2-3,6-9,12,18,24H,1,4-5,10-11,13-14H2/t18-/m1/s1. The summed E-state index contributed by atoms with van der Waals surface area (Å²) in [5, 5.41) is 10.4. The molecule has 2 aliphatic rings. The van der Waals surface area contributed by atoms with Crippen LogP contribution in [-0.4, -0.2) is 40.5 Å². The number of aliphatic hydroxyl groups is 1. The molecule has 4 rings (SSSR count). The SMILES string of the molecule is O=C(c1ccc(N2Cc3ccccc3[C@H](O)C2)nc1)N1CCCCC1. The highest BCUT2D eigenvalue weighted by Crippen LogP contribution is 2.29. The fourth-order valence-electron chi connectivity index (χ4n) is 3.73. The maximum Gasteiger partial charge on any atom is 0.255 e. The minimum Gasteiger partial charge on any atom is -0.387 e. The van der Waals surface area contributed by atoms with Crippen molar-refractivity contribution in [3.05, 3.63) is 59.3 Å². The van der Waals surface area contributed by atoms with Crippen LogP contribution in [0.25, 0.3) is 0 Å². The highest BCUT2D eigenvalue weighted by molar-refractivity contribution is 5.94. The molecule has 1 atom stereocenters. The van der Waals surface area contributed by atoms with Gasteiger partial charge in [0.25, 0.3) is 5.91 Å². The van der Waals surface area contributed by atoms with Gasteiger partial charge in [0.1, 0.15) is 5.82 Å². The summed E-state index contributed by atoms with van der Waals surface area (Å²) in [7, 11) is 0. The molecule has 130 valence electrons. The van der Waals surface area contributed by atoms with Gasteiger partial charge in [-0.1, -0.05) is 24.3 Å². The van der Waals surface area contributed by atoms with Crippen molar-refractivity contribution in [2.24, 2.45) is 0 Å².